The quantitative estimate of drug-likeness (QED) is 0.452. The molecule has 4 rings (SSSR count). The lowest BCUT2D eigenvalue weighted by atomic mass is 10.1. The van der Waals surface area contributed by atoms with Crippen LogP contribution in [-0.4, -0.2) is 60.7 Å². The first-order valence-corrected chi connectivity index (χ1v) is 11.7. The van der Waals surface area contributed by atoms with Gasteiger partial charge in [-0.15, -0.1) is 0 Å². The fraction of sp³-hybridized carbons (Fsp3) is 0.320. The number of amides is 1. The van der Waals surface area contributed by atoms with E-state index in [4.69, 9.17) is 21.1 Å². The molecule has 1 aliphatic heterocycles. The Morgan fingerprint density at radius 3 is 2.77 bits per heavy atom. The summed E-state index contributed by atoms with van der Waals surface area (Å²) in [5.74, 6) is 0.174. The van der Waals surface area contributed by atoms with Gasteiger partial charge < -0.3 is 20.1 Å². The maximum absolute atomic E-state index is 13.5. The number of carbonyl (C=O) groups is 1. The highest BCUT2D eigenvalue weighted by atomic mass is 35.5. The molecule has 2 heterocycles. The number of carbonyl (C=O) groups excluding carboxylic acids is 1. The van der Waals surface area contributed by atoms with Crippen LogP contribution in [0.5, 0.6) is 5.75 Å². The molecule has 0 unspecified atom stereocenters. The molecule has 1 saturated heterocycles. The fourth-order valence-electron chi connectivity index (χ4n) is 3.82. The second-order valence-corrected chi connectivity index (χ2v) is 8.46. The second-order valence-electron chi connectivity index (χ2n) is 8.06. The Morgan fingerprint density at radius 2 is 2.03 bits per heavy atom. The smallest absolute Gasteiger partial charge is 0.248 e. The average Bonchev–Trinajstić information content (AvgIpc) is 2.82. The van der Waals surface area contributed by atoms with Gasteiger partial charge in [-0.3, -0.25) is 9.69 Å². The monoisotopic (exact) mass is 499 g/mol. The summed E-state index contributed by atoms with van der Waals surface area (Å²) in [6, 6.07) is 7.77. The summed E-state index contributed by atoms with van der Waals surface area (Å²) in [6.45, 7) is 4.14. The molecule has 1 aliphatic rings. The first kappa shape index (κ1) is 24.8. The average molecular weight is 500 g/mol. The third-order valence-electron chi connectivity index (χ3n) is 5.56. The lowest BCUT2D eigenvalue weighted by Crippen LogP contribution is -2.30. The van der Waals surface area contributed by atoms with E-state index < -0.39 is 5.82 Å². The van der Waals surface area contributed by atoms with Gasteiger partial charge in [0.2, 0.25) is 5.91 Å². The summed E-state index contributed by atoms with van der Waals surface area (Å²) >= 11 is 5.90. The van der Waals surface area contributed by atoms with E-state index in [2.05, 4.69) is 25.5 Å². The van der Waals surface area contributed by atoms with Gasteiger partial charge in [-0.05, 0) is 37.1 Å². The molecule has 0 bridgehead atoms. The molecule has 184 valence electrons. The third kappa shape index (κ3) is 6.66. The molecule has 3 aromatic rings. The zero-order valence-corrected chi connectivity index (χ0v) is 20.1. The fourth-order valence-corrected chi connectivity index (χ4v) is 4.00. The number of ether oxygens (including phenoxy) is 2. The summed E-state index contributed by atoms with van der Waals surface area (Å²) in [5.41, 5.74) is 1.66. The molecule has 10 heteroatoms. The number of rotatable bonds is 7. The van der Waals surface area contributed by atoms with Crippen molar-refractivity contribution in [2.45, 2.75) is 12.8 Å². The zero-order valence-electron chi connectivity index (χ0n) is 19.4. The van der Waals surface area contributed by atoms with E-state index in [1.807, 2.05) is 6.08 Å². The van der Waals surface area contributed by atoms with Crippen LogP contribution < -0.4 is 15.4 Å². The molecule has 2 N–H and O–H groups in total. The Morgan fingerprint density at radius 1 is 1.23 bits per heavy atom. The molecule has 0 saturated carbocycles. The number of halogens is 2. The predicted molar refractivity (Wildman–Crippen MR) is 135 cm³/mol. The molecule has 1 fully saturated rings. The van der Waals surface area contributed by atoms with Crippen LogP contribution in [0.15, 0.2) is 48.8 Å². The van der Waals surface area contributed by atoms with Gasteiger partial charge in [0.15, 0.2) is 0 Å². The molecule has 8 nitrogen and oxygen atoms in total. The van der Waals surface area contributed by atoms with Crippen molar-refractivity contribution in [3.63, 3.8) is 0 Å². The highest BCUT2D eigenvalue weighted by Crippen LogP contribution is 2.33. The van der Waals surface area contributed by atoms with Crippen molar-refractivity contribution < 1.29 is 18.7 Å². The Bertz CT molecular complexity index is 1220. The van der Waals surface area contributed by atoms with Crippen LogP contribution in [0, 0.1) is 5.82 Å². The van der Waals surface area contributed by atoms with Crippen molar-refractivity contribution in [2.24, 2.45) is 0 Å². The number of aromatic nitrogens is 2. The number of methoxy groups -OCH3 is 1. The standard InChI is InChI=1S/C25H27ClFN5O3/c1-34-23-15-21-18(25(29-16-28-21)30-17-6-7-20(27)19(26)13-17)14-22(23)31-24(33)5-2-8-32-9-3-11-35-12-4-10-32/h2,5-7,13-16H,3-4,8-12H2,1H3,(H,31,33)(H,28,29,30)/b5-2+. The van der Waals surface area contributed by atoms with Crippen LogP contribution in [-0.2, 0) is 9.53 Å². The summed E-state index contributed by atoms with van der Waals surface area (Å²) in [6.07, 6.45) is 6.76. The first-order valence-electron chi connectivity index (χ1n) is 11.4. The van der Waals surface area contributed by atoms with Crippen molar-refractivity contribution in [2.75, 3.05) is 50.6 Å². The minimum Gasteiger partial charge on any atom is -0.494 e. The molecule has 0 atom stereocenters. The SMILES string of the molecule is COc1cc2ncnc(Nc3ccc(F)c(Cl)c3)c2cc1NC(=O)/C=C/CN1CCCOCCC1. The molecule has 0 aliphatic carbocycles. The van der Waals surface area contributed by atoms with Gasteiger partial charge in [0.25, 0.3) is 0 Å². The second kappa shape index (κ2) is 11.9. The molecule has 1 aromatic heterocycles. The highest BCUT2D eigenvalue weighted by molar-refractivity contribution is 6.31. The number of anilines is 3. The van der Waals surface area contributed by atoms with E-state index in [1.54, 1.807) is 18.2 Å². The maximum Gasteiger partial charge on any atom is 0.248 e. The van der Waals surface area contributed by atoms with Crippen molar-refractivity contribution in [1.29, 1.82) is 0 Å². The molecular weight excluding hydrogens is 473 g/mol. The predicted octanol–water partition coefficient (Wildman–Crippen LogP) is 4.78. The van der Waals surface area contributed by atoms with Gasteiger partial charge >= 0.3 is 0 Å². The van der Waals surface area contributed by atoms with E-state index >= 15 is 0 Å². The van der Waals surface area contributed by atoms with E-state index in [0.717, 1.165) is 39.1 Å². The number of nitrogens with one attached hydrogen (secondary N) is 2. The number of nitrogens with zero attached hydrogens (tertiary/aromatic N) is 3. The Hall–Kier alpha value is -3.27. The van der Waals surface area contributed by atoms with Gasteiger partial charge in [-0.25, -0.2) is 14.4 Å². The van der Waals surface area contributed by atoms with Crippen molar-refractivity contribution >= 4 is 45.6 Å². The molecule has 0 spiro atoms. The lowest BCUT2D eigenvalue weighted by Gasteiger charge is -2.23. The Balaban J connectivity index is 1.50. The van der Waals surface area contributed by atoms with Gasteiger partial charge in [0.1, 0.15) is 23.7 Å². The molecule has 1 amide bonds. The minimum absolute atomic E-state index is 0.00108. The topological polar surface area (TPSA) is 88.6 Å². The zero-order chi connectivity index (χ0) is 24.6. The molecule has 35 heavy (non-hydrogen) atoms. The molecule has 0 radical (unpaired) electrons. The van der Waals surface area contributed by atoms with Crippen molar-refractivity contribution in [3.8, 4) is 5.75 Å². The van der Waals surface area contributed by atoms with Gasteiger partial charge in [0.05, 0.1) is 23.3 Å². The highest BCUT2D eigenvalue weighted by Gasteiger charge is 2.13. The third-order valence-corrected chi connectivity index (χ3v) is 5.85. The van der Waals surface area contributed by atoms with Crippen molar-refractivity contribution in [3.05, 3.63) is 59.7 Å². The Kier molecular flexibility index (Phi) is 8.46. The Labute approximate surface area is 208 Å². The van der Waals surface area contributed by atoms with Crippen molar-refractivity contribution in [1.82, 2.24) is 14.9 Å². The van der Waals surface area contributed by atoms with Gasteiger partial charge in [-0.2, -0.15) is 0 Å². The lowest BCUT2D eigenvalue weighted by molar-refractivity contribution is -0.111. The number of fused-ring (bicyclic) bond motifs is 1. The summed E-state index contributed by atoms with van der Waals surface area (Å²) in [5, 5.41) is 6.65. The molecule has 2 aromatic carbocycles. The first-order chi connectivity index (χ1) is 17.0. The van der Waals surface area contributed by atoms with E-state index in [1.165, 1.54) is 31.6 Å². The van der Waals surface area contributed by atoms with Crippen LogP contribution in [0.25, 0.3) is 10.9 Å². The number of hydrogen-bond acceptors (Lipinski definition) is 7. The molecular formula is C25H27ClFN5O3. The van der Waals surface area contributed by atoms with Crippen LogP contribution in [0.4, 0.5) is 21.6 Å². The van der Waals surface area contributed by atoms with Crippen LogP contribution in [0.1, 0.15) is 12.8 Å². The van der Waals surface area contributed by atoms with Crippen LogP contribution in [0.2, 0.25) is 5.02 Å². The maximum atomic E-state index is 13.5. The summed E-state index contributed by atoms with van der Waals surface area (Å²) in [4.78, 5) is 23.5. The van der Waals surface area contributed by atoms with Crippen LogP contribution >= 0.6 is 11.6 Å². The summed E-state index contributed by atoms with van der Waals surface area (Å²) < 4.78 is 24.5. The van der Waals surface area contributed by atoms with E-state index in [9.17, 15) is 9.18 Å². The van der Waals surface area contributed by atoms with Gasteiger partial charge in [-0.1, -0.05) is 17.7 Å². The van der Waals surface area contributed by atoms with E-state index in [-0.39, 0.29) is 10.9 Å². The number of benzene rings is 2. The normalized spacial score (nSPS) is 15.1. The van der Waals surface area contributed by atoms with Crippen LogP contribution in [0.3, 0.4) is 0 Å². The van der Waals surface area contributed by atoms with E-state index in [0.29, 0.717) is 40.4 Å². The van der Waals surface area contributed by atoms with Gasteiger partial charge in [0, 0.05) is 56.1 Å². The minimum atomic E-state index is -0.507. The summed E-state index contributed by atoms with van der Waals surface area (Å²) in [7, 11) is 1.53. The number of hydrogen-bond donors (Lipinski definition) is 2. The largest absolute Gasteiger partial charge is 0.494 e.